The zero-order valence-corrected chi connectivity index (χ0v) is 41.1. The van der Waals surface area contributed by atoms with E-state index in [-0.39, 0.29) is 38.6 Å². The van der Waals surface area contributed by atoms with Gasteiger partial charge in [-0.05, 0) is 38.5 Å². The summed E-state index contributed by atoms with van der Waals surface area (Å²) in [6.45, 7) is 3.79. The van der Waals surface area contributed by atoms with Crippen molar-refractivity contribution in [1.29, 1.82) is 0 Å². The molecule has 0 spiro atoms. The maximum absolute atomic E-state index is 12.7. The summed E-state index contributed by atoms with van der Waals surface area (Å²) in [5.41, 5.74) is 5.37. The first-order chi connectivity index (χ1) is 29.8. The summed E-state index contributed by atoms with van der Waals surface area (Å²) in [7, 11) is -4.38. The van der Waals surface area contributed by atoms with Gasteiger partial charge in [0.1, 0.15) is 6.61 Å². The van der Waals surface area contributed by atoms with Crippen molar-refractivity contribution in [2.45, 2.75) is 277 Å². The fourth-order valence-corrected chi connectivity index (χ4v) is 8.52. The van der Waals surface area contributed by atoms with E-state index in [2.05, 4.69) is 26.0 Å². The summed E-state index contributed by atoms with van der Waals surface area (Å²) < 4.78 is 33.0. The van der Waals surface area contributed by atoms with Gasteiger partial charge in [0.15, 0.2) is 6.10 Å². The molecule has 2 unspecified atom stereocenters. The lowest BCUT2D eigenvalue weighted by molar-refractivity contribution is -0.161. The summed E-state index contributed by atoms with van der Waals surface area (Å²) in [5, 5.41) is 0. The number of hydrogen-bond donors (Lipinski definition) is 2. The topological polar surface area (TPSA) is 134 Å². The monoisotopic (exact) mass is 886 g/mol. The summed E-state index contributed by atoms with van der Waals surface area (Å²) in [6, 6.07) is 0. The molecule has 0 fully saturated rings. The lowest BCUT2D eigenvalue weighted by Crippen LogP contribution is -2.29. The fraction of sp³-hybridized carbons (Fsp3) is 0.922. The predicted molar refractivity (Wildman–Crippen MR) is 257 cm³/mol. The highest BCUT2D eigenvalue weighted by molar-refractivity contribution is 7.47. The van der Waals surface area contributed by atoms with Crippen LogP contribution in [-0.4, -0.2) is 49.3 Å². The third-order valence-corrected chi connectivity index (χ3v) is 12.6. The summed E-state index contributed by atoms with van der Waals surface area (Å²) in [4.78, 5) is 35.1. The van der Waals surface area contributed by atoms with Crippen LogP contribution < -0.4 is 5.73 Å². The first-order valence-electron chi connectivity index (χ1n) is 26.2. The Morgan fingerprint density at radius 3 is 1.16 bits per heavy atom. The van der Waals surface area contributed by atoms with E-state index in [0.717, 1.165) is 32.1 Å². The Hall–Kier alpha value is -1.25. The number of rotatable bonds is 50. The second kappa shape index (κ2) is 48.2. The van der Waals surface area contributed by atoms with Gasteiger partial charge in [-0.15, -0.1) is 0 Å². The van der Waals surface area contributed by atoms with Gasteiger partial charge >= 0.3 is 19.8 Å². The quantitative estimate of drug-likeness (QED) is 0.0265. The molecule has 0 radical (unpaired) electrons. The number of carbonyl (C=O) groups excluding carboxylic acids is 2. The van der Waals surface area contributed by atoms with Gasteiger partial charge in [0.05, 0.1) is 13.2 Å². The third kappa shape index (κ3) is 48.1. The zero-order valence-electron chi connectivity index (χ0n) is 40.2. The van der Waals surface area contributed by atoms with Gasteiger partial charge in [0.25, 0.3) is 0 Å². The van der Waals surface area contributed by atoms with Crippen LogP contribution in [0.25, 0.3) is 0 Å². The number of ether oxygens (including phenoxy) is 2. The average Bonchev–Trinajstić information content (AvgIpc) is 3.25. The van der Waals surface area contributed by atoms with Crippen molar-refractivity contribution in [3.63, 3.8) is 0 Å². The van der Waals surface area contributed by atoms with Crippen molar-refractivity contribution in [1.82, 2.24) is 0 Å². The smallest absolute Gasteiger partial charge is 0.462 e. The fourth-order valence-electron chi connectivity index (χ4n) is 7.75. The standard InChI is InChI=1S/C51H100NO8P/c1-3-5-7-9-11-13-15-17-19-21-23-24-26-28-30-32-34-36-38-40-42-44-51(54)60-49(48-59-61(55,56)58-46-45-52)47-57-50(53)43-41-39-37-35-33-31-29-27-25-22-20-18-16-14-12-10-8-6-4-2/h18,20,49H,3-17,19,21-48,52H2,1-2H3,(H,55,56). The molecule has 3 N–H and O–H groups in total. The van der Waals surface area contributed by atoms with Crippen LogP contribution in [0.3, 0.4) is 0 Å². The van der Waals surface area contributed by atoms with E-state index in [9.17, 15) is 19.0 Å². The van der Waals surface area contributed by atoms with Gasteiger partial charge < -0.3 is 20.1 Å². The van der Waals surface area contributed by atoms with Gasteiger partial charge in [0.2, 0.25) is 0 Å². The molecule has 0 aromatic carbocycles. The second-order valence-electron chi connectivity index (χ2n) is 17.8. The lowest BCUT2D eigenvalue weighted by atomic mass is 10.0. The number of phosphoric ester groups is 1. The van der Waals surface area contributed by atoms with Gasteiger partial charge in [-0.2, -0.15) is 0 Å². The van der Waals surface area contributed by atoms with Gasteiger partial charge in [-0.3, -0.25) is 18.6 Å². The average molecular weight is 886 g/mol. The van der Waals surface area contributed by atoms with Crippen LogP contribution in [-0.2, 0) is 32.7 Å². The Kier molecular flexibility index (Phi) is 47.2. The highest BCUT2D eigenvalue weighted by Crippen LogP contribution is 2.43. The Morgan fingerprint density at radius 1 is 0.475 bits per heavy atom. The van der Waals surface area contributed by atoms with Crippen LogP contribution in [0.2, 0.25) is 0 Å². The summed E-state index contributed by atoms with van der Waals surface area (Å²) >= 11 is 0. The highest BCUT2D eigenvalue weighted by atomic mass is 31.2. The molecule has 0 aromatic heterocycles. The summed E-state index contributed by atoms with van der Waals surface area (Å²) in [6.07, 6.45) is 52.5. The van der Waals surface area contributed by atoms with Gasteiger partial charge in [-0.1, -0.05) is 231 Å². The first-order valence-corrected chi connectivity index (χ1v) is 27.7. The largest absolute Gasteiger partial charge is 0.472 e. The molecule has 0 saturated heterocycles. The molecule has 0 saturated carbocycles. The molecule has 0 aliphatic heterocycles. The van der Waals surface area contributed by atoms with Crippen molar-refractivity contribution in [3.05, 3.63) is 12.2 Å². The number of allylic oxidation sites excluding steroid dienone is 2. The maximum atomic E-state index is 12.7. The van der Waals surface area contributed by atoms with E-state index < -0.39 is 26.5 Å². The van der Waals surface area contributed by atoms with E-state index in [4.69, 9.17) is 24.3 Å². The molecule has 0 rings (SSSR count). The Balaban J connectivity index is 4.00. The molecule has 9 nitrogen and oxygen atoms in total. The summed E-state index contributed by atoms with van der Waals surface area (Å²) in [5.74, 6) is -0.813. The first kappa shape index (κ1) is 59.8. The number of hydrogen-bond acceptors (Lipinski definition) is 8. The van der Waals surface area contributed by atoms with Gasteiger partial charge in [0, 0.05) is 19.4 Å². The predicted octanol–water partition coefficient (Wildman–Crippen LogP) is 15.7. The van der Waals surface area contributed by atoms with Crippen molar-refractivity contribution in [2.75, 3.05) is 26.4 Å². The molecule has 10 heteroatoms. The number of phosphoric acid groups is 1. The molecular weight excluding hydrogens is 786 g/mol. The molecule has 0 aliphatic rings. The third-order valence-electron chi connectivity index (χ3n) is 11.7. The molecule has 362 valence electrons. The van der Waals surface area contributed by atoms with E-state index in [0.29, 0.717) is 6.42 Å². The Labute approximate surface area is 377 Å². The van der Waals surface area contributed by atoms with Crippen molar-refractivity contribution < 1.29 is 37.6 Å². The van der Waals surface area contributed by atoms with E-state index in [1.807, 2.05) is 0 Å². The number of carbonyl (C=O) groups is 2. The zero-order chi connectivity index (χ0) is 44.6. The molecule has 0 amide bonds. The number of unbranched alkanes of at least 4 members (excludes halogenated alkanes) is 35. The van der Waals surface area contributed by atoms with Crippen LogP contribution >= 0.6 is 7.82 Å². The molecule has 0 aliphatic carbocycles. The molecule has 2 atom stereocenters. The van der Waals surface area contributed by atoms with Crippen molar-refractivity contribution >= 4 is 19.8 Å². The molecular formula is C51H100NO8P. The van der Waals surface area contributed by atoms with E-state index in [1.54, 1.807) is 0 Å². The minimum Gasteiger partial charge on any atom is -0.462 e. The minimum atomic E-state index is -4.38. The SMILES string of the molecule is CCCCCCCCC=CCCCCCCCCCCCC(=O)OCC(COP(=O)(O)OCCN)OC(=O)CCCCCCCCCCCCCCCCCCCCCCC. The van der Waals surface area contributed by atoms with Crippen LogP contribution in [0.5, 0.6) is 0 Å². The van der Waals surface area contributed by atoms with Crippen LogP contribution in [0, 0.1) is 0 Å². The second-order valence-corrected chi connectivity index (χ2v) is 19.2. The highest BCUT2D eigenvalue weighted by Gasteiger charge is 2.26. The molecule has 0 heterocycles. The van der Waals surface area contributed by atoms with Crippen molar-refractivity contribution in [3.8, 4) is 0 Å². The Morgan fingerprint density at radius 2 is 0.803 bits per heavy atom. The molecule has 61 heavy (non-hydrogen) atoms. The lowest BCUT2D eigenvalue weighted by Gasteiger charge is -2.19. The van der Waals surface area contributed by atoms with Gasteiger partial charge in [-0.25, -0.2) is 4.57 Å². The van der Waals surface area contributed by atoms with Crippen LogP contribution in [0.15, 0.2) is 12.2 Å². The molecule has 0 bridgehead atoms. The minimum absolute atomic E-state index is 0.0565. The van der Waals surface area contributed by atoms with Crippen LogP contribution in [0.4, 0.5) is 0 Å². The Bertz CT molecular complexity index is 1010. The van der Waals surface area contributed by atoms with Crippen molar-refractivity contribution in [2.24, 2.45) is 5.73 Å². The molecule has 0 aromatic rings. The normalized spacial score (nSPS) is 13.2. The van der Waals surface area contributed by atoms with E-state index in [1.165, 1.54) is 205 Å². The number of esters is 2. The maximum Gasteiger partial charge on any atom is 0.472 e. The number of nitrogens with two attached hydrogens (primary N) is 1. The van der Waals surface area contributed by atoms with Crippen LogP contribution in [0.1, 0.15) is 271 Å². The van der Waals surface area contributed by atoms with E-state index >= 15 is 0 Å².